The normalized spacial score (nSPS) is 22.8. The first-order valence-corrected chi connectivity index (χ1v) is 13.0. The van der Waals surface area contributed by atoms with Gasteiger partial charge in [-0.3, -0.25) is 24.6 Å². The van der Waals surface area contributed by atoms with Gasteiger partial charge in [-0.25, -0.2) is 4.39 Å². The van der Waals surface area contributed by atoms with E-state index >= 15 is 4.39 Å². The van der Waals surface area contributed by atoms with Crippen molar-refractivity contribution in [2.24, 2.45) is 0 Å². The summed E-state index contributed by atoms with van der Waals surface area (Å²) in [7, 11) is 0. The number of nitrogens with zero attached hydrogens (tertiary/aromatic N) is 2. The van der Waals surface area contributed by atoms with Gasteiger partial charge in [0.2, 0.25) is 11.8 Å². The van der Waals surface area contributed by atoms with Crippen LogP contribution in [0.1, 0.15) is 67.6 Å². The molecule has 0 aliphatic carbocycles. The van der Waals surface area contributed by atoms with Crippen LogP contribution >= 0.6 is 0 Å². The lowest BCUT2D eigenvalue weighted by atomic mass is 9.98. The Morgan fingerprint density at radius 2 is 1.82 bits per heavy atom. The quantitative estimate of drug-likeness (QED) is 0.583. The van der Waals surface area contributed by atoms with E-state index in [4.69, 9.17) is 9.47 Å². The van der Waals surface area contributed by atoms with Crippen LogP contribution in [0, 0.1) is 5.82 Å². The van der Waals surface area contributed by atoms with E-state index in [0.29, 0.717) is 29.0 Å². The van der Waals surface area contributed by atoms with E-state index in [9.17, 15) is 14.4 Å². The molecule has 2 saturated heterocycles. The number of imide groups is 1. The summed E-state index contributed by atoms with van der Waals surface area (Å²) in [6, 6.07) is 9.66. The first-order chi connectivity index (χ1) is 17.9. The highest BCUT2D eigenvalue weighted by Gasteiger charge is 2.40. The molecule has 0 bridgehead atoms. The summed E-state index contributed by atoms with van der Waals surface area (Å²) in [5.41, 5.74) is 1.86. The maximum Gasteiger partial charge on any atom is 0.255 e. The average Bonchev–Trinajstić information content (AvgIpc) is 3.13. The maximum atomic E-state index is 15.1. The van der Waals surface area contributed by atoms with E-state index in [2.05, 4.69) is 37.9 Å². The van der Waals surface area contributed by atoms with Crippen molar-refractivity contribution in [3.8, 4) is 5.75 Å². The van der Waals surface area contributed by atoms with Gasteiger partial charge in [-0.05, 0) is 57.9 Å². The molecule has 5 rings (SSSR count). The van der Waals surface area contributed by atoms with Crippen LogP contribution in [0.5, 0.6) is 5.75 Å². The first-order valence-electron chi connectivity index (χ1n) is 13.0. The van der Waals surface area contributed by atoms with Crippen LogP contribution in [0.15, 0.2) is 36.4 Å². The lowest BCUT2D eigenvalue weighted by Gasteiger charge is -2.47. The van der Waals surface area contributed by atoms with Crippen molar-refractivity contribution < 1.29 is 28.2 Å². The number of hydrogen-bond acceptors (Lipinski definition) is 6. The van der Waals surface area contributed by atoms with E-state index < -0.39 is 11.9 Å². The third kappa shape index (κ3) is 5.44. The number of fused-ring (bicyclic) bond motifs is 1. The van der Waals surface area contributed by atoms with Gasteiger partial charge in [-0.1, -0.05) is 18.2 Å². The number of hydrogen-bond donors (Lipinski definition) is 1. The van der Waals surface area contributed by atoms with Gasteiger partial charge in [-0.15, -0.1) is 0 Å². The predicted octanol–water partition coefficient (Wildman–Crippen LogP) is 3.56. The van der Waals surface area contributed by atoms with Crippen LogP contribution < -0.4 is 10.1 Å². The third-order valence-corrected chi connectivity index (χ3v) is 7.21. The van der Waals surface area contributed by atoms with E-state index in [0.717, 1.165) is 18.7 Å². The minimum Gasteiger partial charge on any atom is -0.488 e. The van der Waals surface area contributed by atoms with Crippen molar-refractivity contribution in [3.05, 3.63) is 64.5 Å². The number of rotatable bonds is 6. The number of morpholine rings is 1. The molecule has 8 nitrogen and oxygen atoms in total. The molecule has 3 heterocycles. The van der Waals surface area contributed by atoms with Crippen LogP contribution in [0.2, 0.25) is 0 Å². The van der Waals surface area contributed by atoms with E-state index in [1.165, 1.54) is 4.90 Å². The number of nitrogens with one attached hydrogen (secondary N) is 1. The zero-order chi connectivity index (χ0) is 27.2. The van der Waals surface area contributed by atoms with Crippen LogP contribution in [-0.2, 0) is 34.0 Å². The first kappa shape index (κ1) is 26.3. The van der Waals surface area contributed by atoms with Crippen molar-refractivity contribution in [2.45, 2.75) is 77.5 Å². The van der Waals surface area contributed by atoms with Crippen molar-refractivity contribution in [1.29, 1.82) is 0 Å². The van der Waals surface area contributed by atoms with Crippen molar-refractivity contribution in [2.75, 3.05) is 13.1 Å². The van der Waals surface area contributed by atoms with Crippen molar-refractivity contribution >= 4 is 17.7 Å². The van der Waals surface area contributed by atoms with Crippen molar-refractivity contribution in [1.82, 2.24) is 15.1 Å². The largest absolute Gasteiger partial charge is 0.488 e. The minimum atomic E-state index is -0.701. The van der Waals surface area contributed by atoms with Crippen LogP contribution in [-0.4, -0.2) is 57.9 Å². The highest BCUT2D eigenvalue weighted by Crippen LogP contribution is 2.34. The molecule has 2 fully saturated rings. The molecule has 0 unspecified atom stereocenters. The lowest BCUT2D eigenvalue weighted by Crippen LogP contribution is -2.56. The summed E-state index contributed by atoms with van der Waals surface area (Å²) in [6.07, 6.45) is 0.480. The van der Waals surface area contributed by atoms with Crippen LogP contribution in [0.25, 0.3) is 0 Å². The van der Waals surface area contributed by atoms with Crippen LogP contribution in [0.4, 0.5) is 4.39 Å². The SMILES string of the molecule is CC1(C)CN(Cc2ccc(COc3cccc4c3CN([C@@H]3CCC(=O)NC3=O)C4=O)c(F)c2)CC(C)(C)O1. The molecule has 9 heteroatoms. The fourth-order valence-electron chi connectivity index (χ4n) is 5.97. The summed E-state index contributed by atoms with van der Waals surface area (Å²) in [5, 5.41) is 2.31. The summed E-state index contributed by atoms with van der Waals surface area (Å²) < 4.78 is 27.2. The number of carbonyl (C=O) groups excluding carboxylic acids is 3. The number of amides is 3. The van der Waals surface area contributed by atoms with Gasteiger partial charge in [0.25, 0.3) is 5.91 Å². The fraction of sp³-hybridized carbons (Fsp3) is 0.483. The number of halogens is 1. The van der Waals surface area contributed by atoms with Gasteiger partial charge < -0.3 is 14.4 Å². The van der Waals surface area contributed by atoms with Crippen molar-refractivity contribution in [3.63, 3.8) is 0 Å². The second-order valence-electron chi connectivity index (χ2n) is 11.7. The number of benzene rings is 2. The molecule has 0 aromatic heterocycles. The Morgan fingerprint density at radius 3 is 2.50 bits per heavy atom. The average molecular weight is 524 g/mol. The molecule has 3 aliphatic rings. The highest BCUT2D eigenvalue weighted by molar-refractivity contribution is 6.05. The second-order valence-corrected chi connectivity index (χ2v) is 11.7. The number of carbonyl (C=O) groups is 3. The van der Waals surface area contributed by atoms with Gasteiger partial charge in [0.05, 0.1) is 17.7 Å². The molecule has 0 spiro atoms. The predicted molar refractivity (Wildman–Crippen MR) is 138 cm³/mol. The Morgan fingerprint density at radius 1 is 1.08 bits per heavy atom. The summed E-state index contributed by atoms with van der Waals surface area (Å²) in [5.74, 6) is -0.929. The molecule has 38 heavy (non-hydrogen) atoms. The fourth-order valence-corrected chi connectivity index (χ4v) is 5.97. The van der Waals surface area contributed by atoms with E-state index in [1.54, 1.807) is 30.3 Å². The molecular weight excluding hydrogens is 489 g/mol. The van der Waals surface area contributed by atoms with E-state index in [1.807, 2.05) is 6.07 Å². The Kier molecular flexibility index (Phi) is 6.77. The third-order valence-electron chi connectivity index (χ3n) is 7.21. The summed E-state index contributed by atoms with van der Waals surface area (Å²) in [6.45, 7) is 10.6. The van der Waals surface area contributed by atoms with Gasteiger partial charge in [0, 0.05) is 42.7 Å². The minimum absolute atomic E-state index is 0.00674. The van der Waals surface area contributed by atoms with Gasteiger partial charge in [0.15, 0.2) is 0 Å². The standard InChI is InChI=1S/C29H34FN3O5/c1-28(2)16-32(17-29(3,4)38-28)13-18-8-9-19(22(30)12-18)15-37-24-7-5-6-20-21(24)14-33(27(20)36)23-10-11-25(34)31-26(23)35/h5-9,12,23H,10-11,13-17H2,1-4H3,(H,31,34,35)/t23-/m1/s1. The molecule has 2 aromatic rings. The lowest BCUT2D eigenvalue weighted by molar-refractivity contribution is -0.182. The van der Waals surface area contributed by atoms with Gasteiger partial charge >= 0.3 is 0 Å². The number of ether oxygens (including phenoxy) is 2. The van der Waals surface area contributed by atoms with Crippen LogP contribution in [0.3, 0.4) is 0 Å². The molecule has 3 aliphatic heterocycles. The Bertz CT molecular complexity index is 1270. The Hall–Kier alpha value is -3.30. The van der Waals surface area contributed by atoms with Gasteiger partial charge in [0.1, 0.15) is 24.2 Å². The van der Waals surface area contributed by atoms with Gasteiger partial charge in [-0.2, -0.15) is 0 Å². The molecule has 2 aromatic carbocycles. The zero-order valence-electron chi connectivity index (χ0n) is 22.3. The molecule has 1 N–H and O–H groups in total. The molecule has 202 valence electrons. The topological polar surface area (TPSA) is 88.2 Å². The monoisotopic (exact) mass is 523 g/mol. The Balaban J connectivity index is 1.25. The smallest absolute Gasteiger partial charge is 0.255 e. The molecular formula is C29H34FN3O5. The molecule has 3 amide bonds. The Labute approximate surface area is 222 Å². The molecule has 0 radical (unpaired) electrons. The summed E-state index contributed by atoms with van der Waals surface area (Å²) >= 11 is 0. The molecule has 0 saturated carbocycles. The zero-order valence-corrected chi connectivity index (χ0v) is 22.3. The highest BCUT2D eigenvalue weighted by atomic mass is 19.1. The second kappa shape index (κ2) is 9.78. The van der Waals surface area contributed by atoms with E-state index in [-0.39, 0.29) is 54.8 Å². The molecule has 1 atom stereocenters. The number of piperidine rings is 1. The maximum absolute atomic E-state index is 15.1. The summed E-state index contributed by atoms with van der Waals surface area (Å²) in [4.78, 5) is 40.6.